The second-order valence-electron chi connectivity index (χ2n) is 4.34. The van der Waals surface area contributed by atoms with Gasteiger partial charge in [-0.2, -0.15) is 23.1 Å². The molecule has 0 fully saturated rings. The molecule has 0 atom stereocenters. The first-order valence-electron chi connectivity index (χ1n) is 5.89. The predicted molar refractivity (Wildman–Crippen MR) is 66.7 cm³/mol. The molecular formula is C12H9F3N4O2. The van der Waals surface area contributed by atoms with Gasteiger partial charge in [-0.25, -0.2) is 9.80 Å². The minimum Gasteiger partial charge on any atom is -0.478 e. The van der Waals surface area contributed by atoms with Crippen molar-refractivity contribution in [2.75, 3.05) is 11.6 Å². The third-order valence-electron chi connectivity index (χ3n) is 3.04. The molecule has 110 valence electrons. The normalized spacial score (nSPS) is 14.3. The summed E-state index contributed by atoms with van der Waals surface area (Å²) in [4.78, 5) is 11.6. The maximum atomic E-state index is 13.2. The highest BCUT2D eigenvalue weighted by Gasteiger charge is 2.42. The Morgan fingerprint density at radius 1 is 1.38 bits per heavy atom. The summed E-state index contributed by atoms with van der Waals surface area (Å²) in [5.41, 5.74) is -2.19. The summed E-state index contributed by atoms with van der Waals surface area (Å²) in [5.74, 6) is -1.21. The maximum absolute atomic E-state index is 13.2. The van der Waals surface area contributed by atoms with E-state index in [0.717, 1.165) is 0 Å². The van der Waals surface area contributed by atoms with Gasteiger partial charge in [-0.15, -0.1) is 0 Å². The van der Waals surface area contributed by atoms with Crippen molar-refractivity contribution in [1.29, 1.82) is 0 Å². The van der Waals surface area contributed by atoms with E-state index in [2.05, 4.69) is 5.10 Å². The molecule has 6 nitrogen and oxygen atoms in total. The van der Waals surface area contributed by atoms with Gasteiger partial charge in [0, 0.05) is 12.4 Å². The maximum Gasteiger partial charge on any atom is 0.436 e. The topological polar surface area (TPSA) is 63.3 Å². The molecule has 21 heavy (non-hydrogen) atoms. The van der Waals surface area contributed by atoms with Crippen LogP contribution in [0.5, 0.6) is 0 Å². The summed E-state index contributed by atoms with van der Waals surface area (Å²) in [6.07, 6.45) is 0.905. The van der Waals surface area contributed by atoms with Crippen LogP contribution >= 0.6 is 0 Å². The Kier molecular flexibility index (Phi) is 2.78. The number of carbonyl (C=O) groups is 1. The van der Waals surface area contributed by atoms with E-state index < -0.39 is 23.4 Å². The summed E-state index contributed by atoms with van der Waals surface area (Å²) < 4.78 is 41.2. The molecule has 0 amide bonds. The predicted octanol–water partition coefficient (Wildman–Crippen LogP) is 2.16. The number of alkyl halides is 3. The summed E-state index contributed by atoms with van der Waals surface area (Å²) in [7, 11) is 0. The molecule has 1 aliphatic rings. The molecule has 1 N–H and O–H groups in total. The zero-order valence-corrected chi connectivity index (χ0v) is 10.4. The van der Waals surface area contributed by atoms with Crippen LogP contribution in [0.2, 0.25) is 0 Å². The standard InChI is InChI=1S/C12H9F3N4O2/c13-12(14,15)10-8(11(20)21)7-16-19(10)18-6-2-5-17-4-1-3-9(17)18/h1-5,7H,6H2,(H,20,21). The van der Waals surface area contributed by atoms with Crippen molar-refractivity contribution in [1.82, 2.24) is 14.5 Å². The highest BCUT2D eigenvalue weighted by atomic mass is 19.4. The van der Waals surface area contributed by atoms with Crippen LogP contribution in [0.3, 0.4) is 0 Å². The van der Waals surface area contributed by atoms with Gasteiger partial charge in [0.15, 0.2) is 5.69 Å². The summed E-state index contributed by atoms with van der Waals surface area (Å²) in [5, 5.41) is 13.8. The van der Waals surface area contributed by atoms with E-state index in [1.165, 1.54) is 5.01 Å². The van der Waals surface area contributed by atoms with Crippen molar-refractivity contribution in [3.8, 4) is 0 Å². The van der Waals surface area contributed by atoms with E-state index in [-0.39, 0.29) is 6.54 Å². The SMILES string of the molecule is O=C(O)c1cnn(N2CC=Cn3cccc32)c1C(F)(F)F. The van der Waals surface area contributed by atoms with Crippen molar-refractivity contribution in [2.24, 2.45) is 0 Å². The van der Waals surface area contributed by atoms with Crippen LogP contribution in [0.25, 0.3) is 6.20 Å². The average Bonchev–Trinajstić information content (AvgIpc) is 3.04. The van der Waals surface area contributed by atoms with Crippen LogP contribution in [0.1, 0.15) is 16.1 Å². The van der Waals surface area contributed by atoms with Crippen molar-refractivity contribution in [3.63, 3.8) is 0 Å². The van der Waals surface area contributed by atoms with E-state index in [9.17, 15) is 18.0 Å². The minimum absolute atomic E-state index is 0.147. The molecule has 0 aromatic carbocycles. The van der Waals surface area contributed by atoms with Crippen molar-refractivity contribution >= 4 is 18.0 Å². The zero-order chi connectivity index (χ0) is 15.2. The lowest BCUT2D eigenvalue weighted by atomic mass is 10.2. The second kappa shape index (κ2) is 4.40. The Morgan fingerprint density at radius 2 is 2.14 bits per heavy atom. The van der Waals surface area contributed by atoms with Crippen LogP contribution in [-0.2, 0) is 6.18 Å². The number of aromatic nitrogens is 3. The molecule has 3 rings (SSSR count). The van der Waals surface area contributed by atoms with E-state index in [1.807, 2.05) is 0 Å². The number of hydrogen-bond donors (Lipinski definition) is 1. The van der Waals surface area contributed by atoms with Crippen LogP contribution in [0.4, 0.5) is 19.0 Å². The highest BCUT2D eigenvalue weighted by Crippen LogP contribution is 2.34. The Balaban J connectivity index is 2.17. The van der Waals surface area contributed by atoms with E-state index in [4.69, 9.17) is 5.11 Å². The van der Waals surface area contributed by atoms with Crippen molar-refractivity contribution in [3.05, 3.63) is 41.9 Å². The van der Waals surface area contributed by atoms with Crippen LogP contribution in [0, 0.1) is 0 Å². The van der Waals surface area contributed by atoms with Gasteiger partial charge in [0.25, 0.3) is 0 Å². The lowest BCUT2D eigenvalue weighted by molar-refractivity contribution is -0.144. The van der Waals surface area contributed by atoms with Gasteiger partial charge in [0.1, 0.15) is 11.4 Å². The van der Waals surface area contributed by atoms with Gasteiger partial charge in [-0.3, -0.25) is 0 Å². The monoisotopic (exact) mass is 298 g/mol. The number of aromatic carboxylic acids is 1. The lowest BCUT2D eigenvalue weighted by Crippen LogP contribution is -2.37. The van der Waals surface area contributed by atoms with Gasteiger partial charge in [0.05, 0.1) is 12.7 Å². The Bertz CT molecular complexity index is 729. The summed E-state index contributed by atoms with van der Waals surface area (Å²) in [6, 6.07) is 3.29. The molecular weight excluding hydrogens is 289 g/mol. The molecule has 0 radical (unpaired) electrons. The van der Waals surface area contributed by atoms with Crippen LogP contribution < -0.4 is 5.01 Å². The van der Waals surface area contributed by atoms with E-state index >= 15 is 0 Å². The number of carboxylic acid groups (broad SMARTS) is 1. The first-order chi connectivity index (χ1) is 9.89. The number of anilines is 1. The van der Waals surface area contributed by atoms with Gasteiger partial charge in [-0.1, -0.05) is 0 Å². The van der Waals surface area contributed by atoms with Crippen LogP contribution in [0.15, 0.2) is 30.6 Å². The third-order valence-corrected chi connectivity index (χ3v) is 3.04. The average molecular weight is 298 g/mol. The molecule has 0 spiro atoms. The molecule has 0 unspecified atom stereocenters. The number of carboxylic acids is 1. The Hall–Kier alpha value is -2.71. The molecule has 0 bridgehead atoms. The number of hydrogen-bond acceptors (Lipinski definition) is 3. The fourth-order valence-electron chi connectivity index (χ4n) is 2.20. The second-order valence-corrected chi connectivity index (χ2v) is 4.34. The van der Waals surface area contributed by atoms with Gasteiger partial charge >= 0.3 is 12.1 Å². The molecule has 2 aromatic rings. The van der Waals surface area contributed by atoms with Crippen molar-refractivity contribution in [2.45, 2.75) is 6.18 Å². The van der Waals surface area contributed by atoms with Gasteiger partial charge in [0.2, 0.25) is 0 Å². The zero-order valence-electron chi connectivity index (χ0n) is 10.4. The van der Waals surface area contributed by atoms with E-state index in [0.29, 0.717) is 16.8 Å². The third kappa shape index (κ3) is 2.06. The molecule has 9 heteroatoms. The largest absolute Gasteiger partial charge is 0.478 e. The molecule has 1 aliphatic heterocycles. The molecule has 0 aliphatic carbocycles. The smallest absolute Gasteiger partial charge is 0.436 e. The molecule has 3 heterocycles. The summed E-state index contributed by atoms with van der Waals surface area (Å²) >= 11 is 0. The first-order valence-corrected chi connectivity index (χ1v) is 5.89. The quantitative estimate of drug-likeness (QED) is 0.923. The molecule has 2 aromatic heterocycles. The lowest BCUT2D eigenvalue weighted by Gasteiger charge is -2.28. The van der Waals surface area contributed by atoms with Crippen molar-refractivity contribution < 1.29 is 23.1 Å². The fourth-order valence-corrected chi connectivity index (χ4v) is 2.20. The number of nitrogens with zero attached hydrogens (tertiary/aromatic N) is 4. The fraction of sp³-hybridized carbons (Fsp3) is 0.167. The van der Waals surface area contributed by atoms with Gasteiger partial charge < -0.3 is 9.67 Å². The highest BCUT2D eigenvalue weighted by molar-refractivity contribution is 5.89. The molecule has 0 saturated carbocycles. The molecule has 0 saturated heterocycles. The minimum atomic E-state index is -4.83. The number of rotatable bonds is 2. The number of halogens is 3. The summed E-state index contributed by atoms with van der Waals surface area (Å²) in [6.45, 7) is 0.147. The van der Waals surface area contributed by atoms with Gasteiger partial charge in [-0.05, 0) is 18.2 Å². The van der Waals surface area contributed by atoms with Crippen LogP contribution in [-0.4, -0.2) is 32.1 Å². The first kappa shape index (κ1) is 13.3. The Morgan fingerprint density at radius 3 is 2.81 bits per heavy atom. The Labute approximate surface area is 116 Å². The van der Waals surface area contributed by atoms with E-state index in [1.54, 1.807) is 35.2 Å². The number of fused-ring (bicyclic) bond motifs is 1.